The molecule has 0 fully saturated rings. The quantitative estimate of drug-likeness (QED) is 0.307. The Balaban J connectivity index is 1.96. The monoisotopic (exact) mass is 405 g/mol. The fourth-order valence-electron chi connectivity index (χ4n) is 3.12. The molecular weight excluding hydrogens is 386 g/mol. The van der Waals surface area contributed by atoms with Gasteiger partial charge in [0.1, 0.15) is 23.2 Å². The van der Waals surface area contributed by atoms with E-state index in [1.807, 2.05) is 13.0 Å². The van der Waals surface area contributed by atoms with Crippen molar-refractivity contribution in [1.82, 2.24) is 4.90 Å². The number of nitro groups is 1. The average molecular weight is 405 g/mol. The number of nitro benzene ring substituents is 1. The predicted molar refractivity (Wildman–Crippen MR) is 109 cm³/mol. The maximum atomic E-state index is 12.9. The first-order valence-electron chi connectivity index (χ1n) is 9.41. The number of rotatable bonds is 6. The van der Waals surface area contributed by atoms with Crippen molar-refractivity contribution >= 4 is 23.6 Å². The highest BCUT2D eigenvalue weighted by Crippen LogP contribution is 2.30. The molecule has 1 aliphatic heterocycles. The molecule has 0 radical (unpaired) electrons. The molecule has 2 aromatic rings. The smallest absolute Gasteiger partial charge is 0.271 e. The fourth-order valence-corrected chi connectivity index (χ4v) is 3.12. The number of imide groups is 1. The van der Waals surface area contributed by atoms with E-state index in [0.29, 0.717) is 29.1 Å². The summed E-state index contributed by atoms with van der Waals surface area (Å²) in [7, 11) is 0. The summed E-state index contributed by atoms with van der Waals surface area (Å²) in [6.07, 6.45) is 2.96. The molecule has 0 atom stereocenters. The first-order chi connectivity index (χ1) is 14.4. The molecule has 0 spiro atoms. The van der Waals surface area contributed by atoms with Crippen molar-refractivity contribution in [2.24, 2.45) is 0 Å². The van der Waals surface area contributed by atoms with Crippen LogP contribution in [-0.2, 0) is 9.59 Å². The largest absolute Gasteiger partial charge is 0.457 e. The summed E-state index contributed by atoms with van der Waals surface area (Å²) in [6.45, 7) is 3.76. The molecular formula is C22H19N3O5. The van der Waals surface area contributed by atoms with Crippen molar-refractivity contribution in [3.05, 3.63) is 69.0 Å². The Morgan fingerprint density at radius 1 is 1.17 bits per heavy atom. The highest BCUT2D eigenvalue weighted by molar-refractivity contribution is 6.19. The molecule has 1 aliphatic rings. The number of non-ortho nitro benzene ring substituents is 1. The normalized spacial score (nSPS) is 15.6. The Morgan fingerprint density at radius 3 is 2.47 bits per heavy atom. The number of nitrogens with zero attached hydrogens (tertiary/aromatic N) is 3. The van der Waals surface area contributed by atoms with Crippen LogP contribution < -0.4 is 0 Å². The molecule has 1 aromatic carbocycles. The first kappa shape index (κ1) is 20.7. The lowest BCUT2D eigenvalue weighted by molar-refractivity contribution is -0.384. The number of benzene rings is 1. The Bertz CT molecular complexity index is 1120. The third-order valence-electron chi connectivity index (χ3n) is 4.84. The SMILES string of the molecule is CCCCN1C(=O)C(C#N)=C(C)/C(=C\c2ccc(-c3ccc([N+](=O)[O-])cc3)o2)C1=O. The van der Waals surface area contributed by atoms with Crippen LogP contribution in [0.25, 0.3) is 17.4 Å². The third kappa shape index (κ3) is 3.91. The summed E-state index contributed by atoms with van der Waals surface area (Å²) in [5.41, 5.74) is 1.10. The number of nitriles is 1. The standard InChI is InChI=1S/C22H19N3O5/c1-3-4-11-24-21(26)18(14(2)19(13-23)22(24)27)12-17-9-10-20(30-17)15-5-7-16(8-6-15)25(28)29/h5-10,12H,3-4,11H2,1-2H3/b18-12+. The van der Waals surface area contributed by atoms with Crippen LogP contribution in [-0.4, -0.2) is 28.2 Å². The maximum Gasteiger partial charge on any atom is 0.271 e. The van der Waals surface area contributed by atoms with E-state index in [4.69, 9.17) is 4.42 Å². The van der Waals surface area contributed by atoms with Crippen LogP contribution in [0.2, 0.25) is 0 Å². The lowest BCUT2D eigenvalue weighted by Gasteiger charge is -2.27. The van der Waals surface area contributed by atoms with Crippen molar-refractivity contribution in [1.29, 1.82) is 5.26 Å². The van der Waals surface area contributed by atoms with E-state index < -0.39 is 16.7 Å². The molecule has 3 rings (SSSR count). The topological polar surface area (TPSA) is 117 Å². The summed E-state index contributed by atoms with van der Waals surface area (Å²) in [6, 6.07) is 11.1. The minimum Gasteiger partial charge on any atom is -0.457 e. The van der Waals surface area contributed by atoms with Gasteiger partial charge < -0.3 is 4.42 Å². The Morgan fingerprint density at radius 2 is 1.87 bits per heavy atom. The van der Waals surface area contributed by atoms with Crippen LogP contribution in [0.5, 0.6) is 0 Å². The highest BCUT2D eigenvalue weighted by Gasteiger charge is 2.35. The molecule has 1 aromatic heterocycles. The number of hydrogen-bond acceptors (Lipinski definition) is 6. The van der Waals surface area contributed by atoms with E-state index in [1.165, 1.54) is 18.2 Å². The number of hydrogen-bond donors (Lipinski definition) is 0. The van der Waals surface area contributed by atoms with Crippen molar-refractivity contribution in [3.8, 4) is 17.4 Å². The molecule has 0 N–H and O–H groups in total. The second-order valence-corrected chi connectivity index (χ2v) is 6.79. The molecule has 0 saturated carbocycles. The fraction of sp³-hybridized carbons (Fsp3) is 0.227. The molecule has 2 amide bonds. The summed E-state index contributed by atoms with van der Waals surface area (Å²) < 4.78 is 5.77. The average Bonchev–Trinajstić information content (AvgIpc) is 3.20. The summed E-state index contributed by atoms with van der Waals surface area (Å²) >= 11 is 0. The van der Waals surface area contributed by atoms with Gasteiger partial charge in [-0.05, 0) is 49.3 Å². The zero-order chi connectivity index (χ0) is 21.8. The van der Waals surface area contributed by atoms with Gasteiger partial charge in [0.15, 0.2) is 0 Å². The van der Waals surface area contributed by atoms with Crippen molar-refractivity contribution in [2.45, 2.75) is 26.7 Å². The van der Waals surface area contributed by atoms with Gasteiger partial charge in [0.05, 0.1) is 4.92 Å². The van der Waals surface area contributed by atoms with Gasteiger partial charge in [-0.25, -0.2) is 0 Å². The number of unbranched alkanes of at least 4 members (excludes halogenated alkanes) is 1. The van der Waals surface area contributed by atoms with Gasteiger partial charge in [-0.2, -0.15) is 5.26 Å². The molecule has 0 aliphatic carbocycles. The Hall–Kier alpha value is -3.99. The second-order valence-electron chi connectivity index (χ2n) is 6.79. The van der Waals surface area contributed by atoms with E-state index >= 15 is 0 Å². The van der Waals surface area contributed by atoms with Gasteiger partial charge in [-0.1, -0.05) is 13.3 Å². The molecule has 0 unspecified atom stereocenters. The number of amides is 2. The minimum atomic E-state index is -0.573. The molecule has 2 heterocycles. The van der Waals surface area contributed by atoms with Crippen LogP contribution in [0.4, 0.5) is 5.69 Å². The number of carbonyl (C=O) groups excluding carboxylic acids is 2. The zero-order valence-corrected chi connectivity index (χ0v) is 16.5. The summed E-state index contributed by atoms with van der Waals surface area (Å²) in [5, 5.41) is 20.2. The molecule has 152 valence electrons. The van der Waals surface area contributed by atoms with Gasteiger partial charge in [-0.15, -0.1) is 0 Å². The molecule has 30 heavy (non-hydrogen) atoms. The maximum absolute atomic E-state index is 12.9. The van der Waals surface area contributed by atoms with Crippen molar-refractivity contribution in [3.63, 3.8) is 0 Å². The lowest BCUT2D eigenvalue weighted by atomic mass is 9.94. The van der Waals surface area contributed by atoms with Crippen LogP contribution in [0.15, 0.2) is 57.5 Å². The van der Waals surface area contributed by atoms with Gasteiger partial charge >= 0.3 is 0 Å². The minimum absolute atomic E-state index is 0.0258. The van der Waals surface area contributed by atoms with Crippen molar-refractivity contribution in [2.75, 3.05) is 6.54 Å². The van der Waals surface area contributed by atoms with Gasteiger partial charge in [0, 0.05) is 29.8 Å². The van der Waals surface area contributed by atoms with Crippen molar-refractivity contribution < 1.29 is 18.9 Å². The molecule has 0 bridgehead atoms. The van der Waals surface area contributed by atoms with Crippen LogP contribution in [0.1, 0.15) is 32.4 Å². The number of furan rings is 1. The van der Waals surface area contributed by atoms with Crippen LogP contribution in [0, 0.1) is 21.4 Å². The van der Waals surface area contributed by atoms with E-state index in [0.717, 1.165) is 11.3 Å². The highest BCUT2D eigenvalue weighted by atomic mass is 16.6. The van der Waals surface area contributed by atoms with E-state index in [-0.39, 0.29) is 23.4 Å². The second kappa shape index (κ2) is 8.57. The van der Waals surface area contributed by atoms with Gasteiger partial charge in [0.25, 0.3) is 17.5 Å². The van der Waals surface area contributed by atoms with E-state index in [1.54, 1.807) is 31.2 Å². The van der Waals surface area contributed by atoms with Gasteiger partial charge in [0.2, 0.25) is 0 Å². The third-order valence-corrected chi connectivity index (χ3v) is 4.84. The Kier molecular flexibility index (Phi) is 5.93. The predicted octanol–water partition coefficient (Wildman–Crippen LogP) is 4.25. The lowest BCUT2D eigenvalue weighted by Crippen LogP contribution is -2.43. The molecule has 0 saturated heterocycles. The zero-order valence-electron chi connectivity index (χ0n) is 16.5. The molecule has 8 heteroatoms. The van der Waals surface area contributed by atoms with Crippen LogP contribution >= 0.6 is 0 Å². The van der Waals surface area contributed by atoms with E-state index in [9.17, 15) is 25.0 Å². The number of carbonyl (C=O) groups is 2. The molecule has 8 nitrogen and oxygen atoms in total. The first-order valence-corrected chi connectivity index (χ1v) is 9.41. The van der Waals surface area contributed by atoms with E-state index in [2.05, 4.69) is 0 Å². The Labute approximate surface area is 172 Å². The summed E-state index contributed by atoms with van der Waals surface area (Å²) in [4.78, 5) is 36.8. The van der Waals surface area contributed by atoms with Gasteiger partial charge in [-0.3, -0.25) is 24.6 Å². The van der Waals surface area contributed by atoms with Crippen LogP contribution in [0.3, 0.4) is 0 Å². The summed E-state index contributed by atoms with van der Waals surface area (Å²) in [5.74, 6) is -0.191.